The number of hydrogen-bond donors (Lipinski definition) is 9. The van der Waals surface area contributed by atoms with Crippen LogP contribution < -0.4 is 0 Å². The SMILES string of the molecule is OCC(O)COCCOCC(F)(F)OC(F)(F)OC(F)(F)COCC(O)COC1CC(OCC(O)COCCOCOCC(F)(F)OC(F)(F)COCC(O)CO)CC(OCC(O)COCC(F)(F)OC(F)(F)OC(F)(F)COCCOCC(O)CO)C1. The molecule has 1 aliphatic carbocycles. The van der Waals surface area contributed by atoms with Crippen molar-refractivity contribution in [3.05, 3.63) is 0 Å². The molecule has 0 saturated heterocycles. The molecule has 0 bridgehead atoms. The number of ether oxygens (including phenoxy) is 18. The van der Waals surface area contributed by atoms with E-state index in [1.807, 2.05) is 0 Å². The highest BCUT2D eigenvalue weighted by Crippen LogP contribution is 2.36. The molecule has 0 radical (unpaired) electrons. The second kappa shape index (κ2) is 42.2. The first-order valence-corrected chi connectivity index (χ1v) is 25.9. The van der Waals surface area contributed by atoms with E-state index >= 15 is 0 Å². The fourth-order valence-corrected chi connectivity index (χ4v) is 6.37. The number of alkyl halides is 16. The van der Waals surface area contributed by atoms with Crippen molar-refractivity contribution >= 4 is 0 Å². The summed E-state index contributed by atoms with van der Waals surface area (Å²) < 4.78 is 302. The second-order valence-corrected chi connectivity index (χ2v) is 18.6. The predicted octanol–water partition coefficient (Wildman–Crippen LogP) is 0.332. The van der Waals surface area contributed by atoms with E-state index in [0.717, 1.165) is 0 Å². The lowest BCUT2D eigenvalue weighted by Gasteiger charge is -2.35. The molecule has 8 atom stereocenters. The minimum atomic E-state index is -5.66. The lowest BCUT2D eigenvalue weighted by molar-refractivity contribution is -0.519. The molecular weight excluding hydrogens is 1280 g/mol. The van der Waals surface area contributed by atoms with Gasteiger partial charge in [-0.25, -0.2) is 18.9 Å². The molecular formula is C45H74F16O27. The van der Waals surface area contributed by atoms with Gasteiger partial charge in [0.2, 0.25) is 0 Å². The van der Waals surface area contributed by atoms with Gasteiger partial charge in [-0.1, -0.05) is 0 Å². The Morgan fingerprint density at radius 2 is 0.500 bits per heavy atom. The van der Waals surface area contributed by atoms with Crippen LogP contribution in [0.15, 0.2) is 0 Å². The summed E-state index contributed by atoms with van der Waals surface area (Å²) in [6, 6.07) is 0. The number of aliphatic hydroxyl groups is 9. The van der Waals surface area contributed by atoms with E-state index in [1.54, 1.807) is 0 Å². The lowest BCUT2D eigenvalue weighted by atomic mass is 9.92. The van der Waals surface area contributed by atoms with Gasteiger partial charge in [-0.2, -0.15) is 52.7 Å². The van der Waals surface area contributed by atoms with Crippen molar-refractivity contribution in [2.24, 2.45) is 0 Å². The first kappa shape index (κ1) is 83.8. The number of aliphatic hydroxyl groups excluding tert-OH is 9. The smallest absolute Gasteiger partial charge is 0.394 e. The van der Waals surface area contributed by atoms with Gasteiger partial charge >= 0.3 is 49.2 Å². The van der Waals surface area contributed by atoms with E-state index in [4.69, 9.17) is 63.8 Å². The van der Waals surface area contributed by atoms with Crippen molar-refractivity contribution in [2.75, 3.05) is 165 Å². The monoisotopic (exact) mass is 1350 g/mol. The van der Waals surface area contributed by atoms with E-state index in [-0.39, 0.29) is 32.5 Å². The van der Waals surface area contributed by atoms with Gasteiger partial charge in [0.1, 0.15) is 83.1 Å². The van der Waals surface area contributed by atoms with E-state index in [1.165, 1.54) is 0 Å². The molecule has 0 amide bonds. The lowest BCUT2D eigenvalue weighted by Crippen LogP contribution is -2.44. The largest absolute Gasteiger partial charge is 0.495 e. The fraction of sp³-hybridized carbons (Fsp3) is 1.00. The average molecular weight is 1350 g/mol. The molecule has 1 aliphatic rings. The van der Waals surface area contributed by atoms with Gasteiger partial charge in [0.05, 0.1) is 137 Å². The van der Waals surface area contributed by atoms with Crippen molar-refractivity contribution in [3.8, 4) is 0 Å². The standard InChI is InChI=1S/C45H74F16O27/c46-38(47,24-77-15-31(67)12-64)84-39(48,49)27-80-28-76-6-3-73-16-32(68)19-81-35-7-36(82-20-33(69)17-78-25-42(54,55)87-44(58,59)85-40(50,51)22-74-4-1-71-13-29(65)10-62)9-37(8-35)83-21-34(70)18-79-26-43(56,57)88-45(60,61)86-41(52,53)23-75-5-2-72-14-30(66)11-63/h29-37,62-70H,1-28H2. The Morgan fingerprint density at radius 3 is 0.807 bits per heavy atom. The van der Waals surface area contributed by atoms with Crippen molar-refractivity contribution in [2.45, 2.75) is 123 Å². The zero-order valence-electron chi connectivity index (χ0n) is 46.4. The van der Waals surface area contributed by atoms with Gasteiger partial charge in [-0.05, 0) is 19.3 Å². The van der Waals surface area contributed by atoms with Crippen LogP contribution >= 0.6 is 0 Å². The molecule has 0 spiro atoms. The molecule has 9 N–H and O–H groups in total. The van der Waals surface area contributed by atoms with Crippen LogP contribution in [0.4, 0.5) is 70.2 Å². The molecule has 0 aromatic heterocycles. The van der Waals surface area contributed by atoms with Crippen LogP contribution in [0, 0.1) is 0 Å². The van der Waals surface area contributed by atoms with Gasteiger partial charge in [0.25, 0.3) is 0 Å². The Kier molecular flexibility index (Phi) is 40.2. The number of hydrogen-bond acceptors (Lipinski definition) is 27. The predicted molar refractivity (Wildman–Crippen MR) is 249 cm³/mol. The molecule has 43 heteroatoms. The van der Waals surface area contributed by atoms with E-state index < -0.39 is 256 Å². The highest BCUT2D eigenvalue weighted by Gasteiger charge is 2.54. The second-order valence-electron chi connectivity index (χ2n) is 18.6. The minimum absolute atomic E-state index is 0.112. The summed E-state index contributed by atoms with van der Waals surface area (Å²) in [4.78, 5) is 0. The average Bonchev–Trinajstić information content (AvgIpc) is 3.56. The molecule has 1 rings (SSSR count). The fourth-order valence-electron chi connectivity index (χ4n) is 6.37. The first-order chi connectivity index (χ1) is 40.8. The van der Waals surface area contributed by atoms with Crippen LogP contribution in [-0.4, -0.2) is 315 Å². The Bertz CT molecular complexity index is 1690. The minimum Gasteiger partial charge on any atom is -0.394 e. The maximum atomic E-state index is 14.2. The quantitative estimate of drug-likeness (QED) is 0.0225. The summed E-state index contributed by atoms with van der Waals surface area (Å²) >= 11 is 0. The molecule has 27 nitrogen and oxygen atoms in total. The van der Waals surface area contributed by atoms with Crippen molar-refractivity contribution in [1.29, 1.82) is 0 Å². The van der Waals surface area contributed by atoms with Crippen LogP contribution in [0.5, 0.6) is 0 Å². The van der Waals surface area contributed by atoms with Crippen LogP contribution in [0.3, 0.4) is 0 Å². The zero-order chi connectivity index (χ0) is 66.7. The highest BCUT2D eigenvalue weighted by molar-refractivity contribution is 4.82. The molecule has 8 unspecified atom stereocenters. The van der Waals surface area contributed by atoms with Gasteiger partial charge in [-0.15, -0.1) is 17.6 Å². The molecule has 0 heterocycles. The highest BCUT2D eigenvalue weighted by atomic mass is 19.3. The summed E-state index contributed by atoms with van der Waals surface area (Å²) in [5, 5.41) is 84.4. The molecule has 1 fully saturated rings. The van der Waals surface area contributed by atoms with E-state index in [9.17, 15) is 85.6 Å². The van der Waals surface area contributed by atoms with Crippen LogP contribution in [0.25, 0.3) is 0 Å². The van der Waals surface area contributed by atoms with Crippen LogP contribution in [0.2, 0.25) is 0 Å². The first-order valence-electron chi connectivity index (χ1n) is 25.9. The van der Waals surface area contributed by atoms with Crippen LogP contribution in [-0.2, 0) is 85.3 Å². The maximum Gasteiger partial charge on any atom is 0.495 e. The summed E-state index contributed by atoms with van der Waals surface area (Å²) in [7, 11) is 0. The Morgan fingerprint density at radius 1 is 0.273 bits per heavy atom. The van der Waals surface area contributed by atoms with Gasteiger partial charge < -0.3 is 108 Å². The third-order valence-electron chi connectivity index (χ3n) is 9.92. The normalized spacial score (nSPS) is 19.3. The van der Waals surface area contributed by atoms with E-state index in [2.05, 4.69) is 52.1 Å². The summed E-state index contributed by atoms with van der Waals surface area (Å²) in [6.45, 7) is -24.0. The van der Waals surface area contributed by atoms with Crippen molar-refractivity contribution in [1.82, 2.24) is 0 Å². The Hall–Kier alpha value is -2.20. The van der Waals surface area contributed by atoms with Crippen LogP contribution in [0.1, 0.15) is 19.3 Å². The molecule has 0 aromatic rings. The van der Waals surface area contributed by atoms with Crippen molar-refractivity contribution < 1.29 is 201 Å². The Balaban J connectivity index is 2.79. The third kappa shape index (κ3) is 44.4. The summed E-state index contributed by atoms with van der Waals surface area (Å²) in [5.74, 6) is 0. The molecule has 0 aliphatic heterocycles. The molecule has 1 saturated carbocycles. The van der Waals surface area contributed by atoms with Gasteiger partial charge in [0.15, 0.2) is 0 Å². The topological polar surface area (TPSA) is 348 Å². The number of halogens is 16. The molecule has 528 valence electrons. The zero-order valence-corrected chi connectivity index (χ0v) is 46.4. The van der Waals surface area contributed by atoms with Gasteiger partial charge in [0, 0.05) is 0 Å². The third-order valence-corrected chi connectivity index (χ3v) is 9.92. The number of rotatable bonds is 57. The van der Waals surface area contributed by atoms with Gasteiger partial charge in [-0.3, -0.25) is 4.74 Å². The maximum absolute atomic E-state index is 14.2. The van der Waals surface area contributed by atoms with Crippen molar-refractivity contribution in [3.63, 3.8) is 0 Å². The summed E-state index contributed by atoms with van der Waals surface area (Å²) in [6.07, 6.45) is -53.1. The molecule has 0 aromatic carbocycles. The van der Waals surface area contributed by atoms with E-state index in [0.29, 0.717) is 0 Å². The molecule has 88 heavy (non-hydrogen) atoms. The Labute approximate surface area is 490 Å². The summed E-state index contributed by atoms with van der Waals surface area (Å²) in [5.41, 5.74) is 0.